The molecule has 1 heterocycles. The molecule has 0 saturated carbocycles. The average Bonchev–Trinajstić information content (AvgIpc) is 2.49. The van der Waals surface area contributed by atoms with E-state index in [0.717, 1.165) is 5.00 Å². The molecule has 0 aliphatic carbocycles. The molecule has 0 fully saturated rings. The molecule has 2 rings (SSSR count). The Kier molecular flexibility index (Phi) is 2.07. The van der Waals surface area contributed by atoms with Gasteiger partial charge in [0.05, 0.1) is 5.00 Å². The molecule has 1 nitrogen and oxygen atoms in total. The van der Waals surface area contributed by atoms with Crippen LogP contribution in [0.2, 0.25) is 0 Å². The van der Waals surface area contributed by atoms with Crippen LogP contribution in [0.3, 0.4) is 0 Å². The number of rotatable bonds is 1. The zero-order chi connectivity index (χ0) is 9.26. The molecule has 2 aromatic rings. The van der Waals surface area contributed by atoms with E-state index in [4.69, 9.17) is 5.73 Å². The third-order valence-corrected chi connectivity index (χ3v) is 3.08. The fourth-order valence-corrected chi connectivity index (χ4v) is 2.18. The van der Waals surface area contributed by atoms with Crippen LogP contribution in [0.15, 0.2) is 35.7 Å². The van der Waals surface area contributed by atoms with E-state index in [1.54, 1.807) is 11.3 Å². The van der Waals surface area contributed by atoms with Crippen LogP contribution >= 0.6 is 11.3 Å². The zero-order valence-electron chi connectivity index (χ0n) is 7.45. The van der Waals surface area contributed by atoms with Crippen molar-refractivity contribution in [1.82, 2.24) is 0 Å². The normalized spacial score (nSPS) is 10.2. The fourth-order valence-electron chi connectivity index (χ4n) is 1.33. The van der Waals surface area contributed by atoms with Crippen molar-refractivity contribution in [3.8, 4) is 11.1 Å². The van der Waals surface area contributed by atoms with Gasteiger partial charge in [0.2, 0.25) is 0 Å². The van der Waals surface area contributed by atoms with E-state index in [2.05, 4.69) is 24.4 Å². The smallest absolute Gasteiger partial charge is 0.0892 e. The van der Waals surface area contributed by atoms with Crippen molar-refractivity contribution < 1.29 is 0 Å². The molecule has 13 heavy (non-hydrogen) atoms. The number of anilines is 1. The summed E-state index contributed by atoms with van der Waals surface area (Å²) in [4.78, 5) is 0. The highest BCUT2D eigenvalue weighted by Crippen LogP contribution is 2.32. The van der Waals surface area contributed by atoms with E-state index in [-0.39, 0.29) is 0 Å². The molecule has 0 amide bonds. The quantitative estimate of drug-likeness (QED) is 0.731. The standard InChI is InChI=1S/C11H11NS/c1-8-10(7-13-11(8)12)9-5-3-2-4-6-9/h2-7H,12H2,1H3. The first kappa shape index (κ1) is 8.32. The highest BCUT2D eigenvalue weighted by molar-refractivity contribution is 7.14. The van der Waals surface area contributed by atoms with Gasteiger partial charge in [0, 0.05) is 5.38 Å². The summed E-state index contributed by atoms with van der Waals surface area (Å²) < 4.78 is 0. The van der Waals surface area contributed by atoms with Crippen LogP contribution in [0.25, 0.3) is 11.1 Å². The highest BCUT2D eigenvalue weighted by atomic mass is 32.1. The monoisotopic (exact) mass is 189 g/mol. The van der Waals surface area contributed by atoms with Crippen LogP contribution in [-0.2, 0) is 0 Å². The average molecular weight is 189 g/mol. The van der Waals surface area contributed by atoms with Crippen LogP contribution in [0.4, 0.5) is 5.00 Å². The molecule has 0 radical (unpaired) electrons. The Hall–Kier alpha value is -1.28. The van der Waals surface area contributed by atoms with Gasteiger partial charge in [-0.05, 0) is 23.6 Å². The van der Waals surface area contributed by atoms with Gasteiger partial charge in [-0.15, -0.1) is 11.3 Å². The Morgan fingerprint density at radius 1 is 1.15 bits per heavy atom. The molecule has 0 aliphatic rings. The molecule has 0 atom stereocenters. The molecule has 1 aromatic heterocycles. The first-order valence-electron chi connectivity index (χ1n) is 4.18. The lowest BCUT2D eigenvalue weighted by molar-refractivity contribution is 1.53. The summed E-state index contributed by atoms with van der Waals surface area (Å²) in [5, 5.41) is 3.03. The molecule has 66 valence electrons. The zero-order valence-corrected chi connectivity index (χ0v) is 8.27. The molecule has 0 saturated heterocycles. The lowest BCUT2D eigenvalue weighted by atomic mass is 10.1. The lowest BCUT2D eigenvalue weighted by Gasteiger charge is -1.99. The first-order valence-corrected chi connectivity index (χ1v) is 5.06. The Bertz CT molecular complexity index is 403. The lowest BCUT2D eigenvalue weighted by Crippen LogP contribution is -1.83. The number of benzene rings is 1. The van der Waals surface area contributed by atoms with E-state index in [1.165, 1.54) is 16.7 Å². The number of nitrogens with two attached hydrogens (primary N) is 1. The number of hydrogen-bond donors (Lipinski definition) is 1. The number of nitrogen functional groups attached to an aromatic ring is 1. The van der Waals surface area contributed by atoms with Gasteiger partial charge in [0.15, 0.2) is 0 Å². The summed E-state index contributed by atoms with van der Waals surface area (Å²) in [7, 11) is 0. The number of hydrogen-bond acceptors (Lipinski definition) is 2. The molecule has 2 N–H and O–H groups in total. The molecule has 0 bridgehead atoms. The second-order valence-electron chi connectivity index (χ2n) is 3.00. The minimum Gasteiger partial charge on any atom is -0.390 e. The summed E-state index contributed by atoms with van der Waals surface area (Å²) in [6.45, 7) is 2.06. The van der Waals surface area contributed by atoms with Crippen LogP contribution < -0.4 is 5.73 Å². The number of thiophene rings is 1. The van der Waals surface area contributed by atoms with E-state index >= 15 is 0 Å². The topological polar surface area (TPSA) is 26.0 Å². The summed E-state index contributed by atoms with van der Waals surface area (Å²) in [5.41, 5.74) is 9.48. The van der Waals surface area contributed by atoms with Crippen molar-refractivity contribution in [2.24, 2.45) is 0 Å². The van der Waals surface area contributed by atoms with Crippen molar-refractivity contribution in [1.29, 1.82) is 0 Å². The van der Waals surface area contributed by atoms with Gasteiger partial charge >= 0.3 is 0 Å². The maximum absolute atomic E-state index is 5.80. The predicted octanol–water partition coefficient (Wildman–Crippen LogP) is 3.31. The minimum atomic E-state index is 0.916. The molecule has 1 aromatic carbocycles. The van der Waals surface area contributed by atoms with Gasteiger partial charge in [-0.2, -0.15) is 0 Å². The highest BCUT2D eigenvalue weighted by Gasteiger charge is 2.05. The summed E-state index contributed by atoms with van der Waals surface area (Å²) in [6.07, 6.45) is 0. The Balaban J connectivity index is 2.53. The van der Waals surface area contributed by atoms with Crippen molar-refractivity contribution in [3.63, 3.8) is 0 Å². The third-order valence-electron chi connectivity index (χ3n) is 2.16. The largest absolute Gasteiger partial charge is 0.390 e. The predicted molar refractivity (Wildman–Crippen MR) is 58.9 cm³/mol. The minimum absolute atomic E-state index is 0.916. The molecular formula is C11H11NS. The Morgan fingerprint density at radius 2 is 1.85 bits per heavy atom. The Labute approximate surface area is 81.8 Å². The van der Waals surface area contributed by atoms with E-state index in [0.29, 0.717) is 0 Å². The second kappa shape index (κ2) is 3.23. The van der Waals surface area contributed by atoms with Crippen LogP contribution in [0, 0.1) is 6.92 Å². The van der Waals surface area contributed by atoms with Gasteiger partial charge < -0.3 is 5.73 Å². The maximum atomic E-state index is 5.80. The molecule has 0 aliphatic heterocycles. The van der Waals surface area contributed by atoms with Crippen molar-refractivity contribution >= 4 is 16.3 Å². The van der Waals surface area contributed by atoms with E-state index in [9.17, 15) is 0 Å². The summed E-state index contributed by atoms with van der Waals surface area (Å²) in [6, 6.07) is 10.3. The van der Waals surface area contributed by atoms with Crippen LogP contribution in [0.5, 0.6) is 0 Å². The van der Waals surface area contributed by atoms with Gasteiger partial charge in [-0.25, -0.2) is 0 Å². The maximum Gasteiger partial charge on any atom is 0.0892 e. The molecular weight excluding hydrogens is 178 g/mol. The molecule has 0 unspecified atom stereocenters. The van der Waals surface area contributed by atoms with Gasteiger partial charge in [-0.1, -0.05) is 30.3 Å². The second-order valence-corrected chi connectivity index (χ2v) is 3.92. The third kappa shape index (κ3) is 1.45. The Morgan fingerprint density at radius 3 is 2.38 bits per heavy atom. The van der Waals surface area contributed by atoms with Crippen molar-refractivity contribution in [3.05, 3.63) is 41.3 Å². The summed E-state index contributed by atoms with van der Waals surface area (Å²) >= 11 is 1.60. The van der Waals surface area contributed by atoms with Gasteiger partial charge in [0.1, 0.15) is 0 Å². The molecule has 0 spiro atoms. The fraction of sp³-hybridized carbons (Fsp3) is 0.0909. The van der Waals surface area contributed by atoms with E-state index in [1.807, 2.05) is 18.2 Å². The van der Waals surface area contributed by atoms with Crippen LogP contribution in [0.1, 0.15) is 5.56 Å². The van der Waals surface area contributed by atoms with Crippen molar-refractivity contribution in [2.75, 3.05) is 5.73 Å². The van der Waals surface area contributed by atoms with E-state index < -0.39 is 0 Å². The summed E-state index contributed by atoms with van der Waals surface area (Å²) in [5.74, 6) is 0. The van der Waals surface area contributed by atoms with Crippen molar-refractivity contribution in [2.45, 2.75) is 6.92 Å². The first-order chi connectivity index (χ1) is 6.29. The van der Waals surface area contributed by atoms with Gasteiger partial charge in [-0.3, -0.25) is 0 Å². The van der Waals surface area contributed by atoms with Gasteiger partial charge in [0.25, 0.3) is 0 Å². The SMILES string of the molecule is Cc1c(-c2ccccc2)csc1N. The molecule has 2 heteroatoms. The van der Waals surface area contributed by atoms with Crippen LogP contribution in [-0.4, -0.2) is 0 Å².